The van der Waals surface area contributed by atoms with E-state index in [-0.39, 0.29) is 23.4 Å². The number of nitrogens with two attached hydrogens (primary N) is 1. The third-order valence-electron chi connectivity index (χ3n) is 3.47. The Labute approximate surface area is 142 Å². The number of aliphatic hydroxyl groups excluding tert-OH is 1. The van der Waals surface area contributed by atoms with Gasteiger partial charge in [-0.2, -0.15) is 0 Å². The van der Waals surface area contributed by atoms with Gasteiger partial charge in [-0.3, -0.25) is 5.32 Å². The summed E-state index contributed by atoms with van der Waals surface area (Å²) < 4.78 is 25.6. The third kappa shape index (κ3) is 4.95. The largest absolute Gasteiger partial charge is 0.399 e. The normalized spacial score (nSPS) is 12.8. The van der Waals surface area contributed by atoms with Gasteiger partial charge in [-0.15, -0.1) is 0 Å². The highest BCUT2D eigenvalue weighted by molar-refractivity contribution is 7.90. The number of anilines is 2. The van der Waals surface area contributed by atoms with Crippen molar-refractivity contribution in [2.24, 2.45) is 0 Å². The summed E-state index contributed by atoms with van der Waals surface area (Å²) in [5, 5.41) is 15.0. The number of hydrogen-bond donors (Lipinski definition) is 4. The summed E-state index contributed by atoms with van der Waals surface area (Å²) in [6.45, 7) is 2.27. The molecule has 0 saturated heterocycles. The van der Waals surface area contributed by atoms with Crippen molar-refractivity contribution in [3.8, 4) is 0 Å². The zero-order chi connectivity index (χ0) is 17.6. The van der Waals surface area contributed by atoms with Crippen molar-refractivity contribution in [2.75, 3.05) is 24.2 Å². The summed E-state index contributed by atoms with van der Waals surface area (Å²) in [5.74, 6) is -0.0928. The van der Waals surface area contributed by atoms with Gasteiger partial charge in [-0.25, -0.2) is 8.42 Å². The van der Waals surface area contributed by atoms with Crippen molar-refractivity contribution >= 4 is 21.2 Å². The second-order valence-electron chi connectivity index (χ2n) is 5.54. The molecule has 0 bridgehead atoms. The Morgan fingerprint density at radius 2 is 1.88 bits per heavy atom. The molecule has 7 heteroatoms. The summed E-state index contributed by atoms with van der Waals surface area (Å²) in [4.78, 5) is 0.170. The van der Waals surface area contributed by atoms with Gasteiger partial charge >= 0.3 is 0 Å². The Kier molecular flexibility index (Phi) is 6.19. The molecule has 0 saturated carbocycles. The number of rotatable bonds is 8. The van der Waals surface area contributed by atoms with Crippen molar-refractivity contribution in [3.63, 3.8) is 0 Å². The van der Waals surface area contributed by atoms with Gasteiger partial charge in [0.05, 0.1) is 29.1 Å². The first-order valence-corrected chi connectivity index (χ1v) is 9.34. The Bertz CT molecular complexity index is 764. The maximum Gasteiger partial charge on any atom is 0.184 e. The van der Waals surface area contributed by atoms with Gasteiger partial charge in [0.1, 0.15) is 0 Å². The summed E-state index contributed by atoms with van der Waals surface area (Å²) in [6.07, 6.45) is -0.202. The molecule has 2 aromatic carbocycles. The van der Waals surface area contributed by atoms with Crippen LogP contribution in [0, 0.1) is 0 Å². The minimum atomic E-state index is -3.55. The van der Waals surface area contributed by atoms with Crippen molar-refractivity contribution in [2.45, 2.75) is 23.7 Å². The van der Waals surface area contributed by atoms with Crippen LogP contribution in [0.5, 0.6) is 0 Å². The molecule has 0 heterocycles. The number of sulfone groups is 1. The first kappa shape index (κ1) is 18.3. The molecule has 0 amide bonds. The van der Waals surface area contributed by atoms with E-state index < -0.39 is 9.84 Å². The van der Waals surface area contributed by atoms with Crippen LogP contribution in [0.1, 0.15) is 12.5 Å². The van der Waals surface area contributed by atoms with Crippen molar-refractivity contribution in [1.29, 1.82) is 0 Å². The van der Waals surface area contributed by atoms with Gasteiger partial charge in [-0.1, -0.05) is 30.3 Å². The summed E-state index contributed by atoms with van der Waals surface area (Å²) >= 11 is 0. The van der Waals surface area contributed by atoms with Crippen LogP contribution in [0.4, 0.5) is 11.4 Å². The molecule has 1 atom stereocenters. The highest BCUT2D eigenvalue weighted by atomic mass is 32.2. The van der Waals surface area contributed by atoms with Crippen molar-refractivity contribution in [3.05, 3.63) is 54.1 Å². The van der Waals surface area contributed by atoms with Gasteiger partial charge in [-0.05, 0) is 30.7 Å². The first-order valence-electron chi connectivity index (χ1n) is 7.69. The minimum Gasteiger partial charge on any atom is -0.399 e. The maximum absolute atomic E-state index is 12.8. The van der Waals surface area contributed by atoms with Crippen LogP contribution in [-0.2, 0) is 15.6 Å². The molecule has 2 aromatic rings. The van der Waals surface area contributed by atoms with Crippen LogP contribution < -0.4 is 16.4 Å². The van der Waals surface area contributed by atoms with E-state index in [1.165, 1.54) is 6.07 Å². The molecule has 6 nitrogen and oxygen atoms in total. The Morgan fingerprint density at radius 1 is 1.17 bits per heavy atom. The average molecular weight is 349 g/mol. The molecule has 0 spiro atoms. The smallest absolute Gasteiger partial charge is 0.184 e. The number of nitrogens with one attached hydrogen (secondary N) is 2. The van der Waals surface area contributed by atoms with Crippen LogP contribution >= 0.6 is 0 Å². The molecule has 0 aromatic heterocycles. The lowest BCUT2D eigenvalue weighted by Crippen LogP contribution is -2.35. The summed E-state index contributed by atoms with van der Waals surface area (Å²) in [5.41, 5.74) is 7.38. The topological polar surface area (TPSA) is 104 Å². The lowest BCUT2D eigenvalue weighted by molar-refractivity contribution is 0.288. The van der Waals surface area contributed by atoms with Gasteiger partial charge in [0, 0.05) is 12.2 Å². The van der Waals surface area contributed by atoms with Gasteiger partial charge in [0.2, 0.25) is 0 Å². The molecular weight excluding hydrogens is 326 g/mol. The predicted molar refractivity (Wildman–Crippen MR) is 96.4 cm³/mol. The highest BCUT2D eigenvalue weighted by Gasteiger charge is 2.20. The van der Waals surface area contributed by atoms with E-state index in [1.807, 2.05) is 25.1 Å². The van der Waals surface area contributed by atoms with Gasteiger partial charge in [0.15, 0.2) is 9.84 Å². The maximum atomic E-state index is 12.8. The van der Waals surface area contributed by atoms with Gasteiger partial charge < -0.3 is 16.2 Å². The van der Waals surface area contributed by atoms with Gasteiger partial charge in [0.25, 0.3) is 0 Å². The number of aliphatic hydroxyl groups is 1. The monoisotopic (exact) mass is 349 g/mol. The number of benzene rings is 2. The zero-order valence-electron chi connectivity index (χ0n) is 13.6. The summed E-state index contributed by atoms with van der Waals surface area (Å²) in [6, 6.07) is 13.8. The van der Waals surface area contributed by atoms with E-state index in [2.05, 4.69) is 10.6 Å². The fraction of sp³-hybridized carbons (Fsp3) is 0.294. The van der Waals surface area contributed by atoms with Crippen molar-refractivity contribution in [1.82, 2.24) is 5.32 Å². The standard InChI is InChI=1S/C17H23N3O3S/c1-13(19-9-10-21)20-16-8-7-15(18)11-17(16)24(22,23)12-14-5-3-2-4-6-14/h2-8,11,13,19-21H,9-10,12,18H2,1H3. The zero-order valence-corrected chi connectivity index (χ0v) is 14.4. The molecule has 130 valence electrons. The van der Waals surface area contributed by atoms with E-state index in [0.717, 1.165) is 5.56 Å². The van der Waals surface area contributed by atoms with Crippen LogP contribution in [-0.4, -0.2) is 32.8 Å². The Morgan fingerprint density at radius 3 is 2.54 bits per heavy atom. The average Bonchev–Trinajstić information content (AvgIpc) is 2.55. The lowest BCUT2D eigenvalue weighted by Gasteiger charge is -2.19. The fourth-order valence-corrected chi connectivity index (χ4v) is 3.92. The van der Waals surface area contributed by atoms with Crippen molar-refractivity contribution < 1.29 is 13.5 Å². The third-order valence-corrected chi connectivity index (χ3v) is 5.20. The van der Waals surface area contributed by atoms with E-state index in [0.29, 0.717) is 17.9 Å². The van der Waals surface area contributed by atoms with Crippen LogP contribution in [0.3, 0.4) is 0 Å². The van der Waals surface area contributed by atoms with Crippen LogP contribution in [0.25, 0.3) is 0 Å². The number of hydrogen-bond acceptors (Lipinski definition) is 6. The second-order valence-corrected chi connectivity index (χ2v) is 7.50. The SMILES string of the molecule is CC(NCCO)Nc1ccc(N)cc1S(=O)(=O)Cc1ccccc1. The second kappa shape index (κ2) is 8.14. The molecule has 0 aliphatic carbocycles. The van der Waals surface area contributed by atoms with E-state index in [9.17, 15) is 8.42 Å². The molecule has 1 unspecified atom stereocenters. The van der Waals surface area contributed by atoms with E-state index in [4.69, 9.17) is 10.8 Å². The van der Waals surface area contributed by atoms with E-state index in [1.54, 1.807) is 24.3 Å². The molecule has 2 rings (SSSR count). The molecule has 5 N–H and O–H groups in total. The van der Waals surface area contributed by atoms with Crippen LogP contribution in [0.15, 0.2) is 53.4 Å². The Hall–Kier alpha value is -2.09. The van der Waals surface area contributed by atoms with E-state index >= 15 is 0 Å². The highest BCUT2D eigenvalue weighted by Crippen LogP contribution is 2.27. The fourth-order valence-electron chi connectivity index (χ4n) is 2.35. The lowest BCUT2D eigenvalue weighted by atomic mass is 10.2. The quantitative estimate of drug-likeness (QED) is 0.426. The molecule has 0 radical (unpaired) electrons. The molecule has 0 aliphatic rings. The van der Waals surface area contributed by atoms with Crippen LogP contribution in [0.2, 0.25) is 0 Å². The number of nitrogen functional groups attached to an aromatic ring is 1. The summed E-state index contributed by atoms with van der Waals surface area (Å²) in [7, 11) is -3.55. The molecule has 24 heavy (non-hydrogen) atoms. The molecule has 0 fully saturated rings. The Balaban J connectivity index is 2.29. The first-order chi connectivity index (χ1) is 11.4. The molecular formula is C17H23N3O3S. The minimum absolute atomic E-state index is 0.00687. The molecule has 0 aliphatic heterocycles. The predicted octanol–water partition coefficient (Wildman–Crippen LogP) is 1.58.